The molecule has 0 aliphatic heterocycles. The molecule has 0 fully saturated rings. The van der Waals surface area contributed by atoms with Crippen molar-refractivity contribution >= 4 is 17.5 Å². The second-order valence-corrected chi connectivity index (χ2v) is 6.46. The average molecular weight is 362 g/mol. The molecule has 0 saturated heterocycles. The maximum absolute atomic E-state index is 12.4. The van der Waals surface area contributed by atoms with Crippen molar-refractivity contribution < 1.29 is 9.59 Å². The van der Waals surface area contributed by atoms with E-state index in [-0.39, 0.29) is 11.8 Å². The van der Waals surface area contributed by atoms with Crippen molar-refractivity contribution in [1.29, 1.82) is 0 Å². The SMILES string of the molecule is Cc1cccc(C(=O)NC(C)C(=O)Nc2cccc(Cn3cccn3)c2)c1. The van der Waals surface area contributed by atoms with Gasteiger partial charge in [-0.3, -0.25) is 14.3 Å². The van der Waals surface area contributed by atoms with Gasteiger partial charge >= 0.3 is 0 Å². The molecule has 27 heavy (non-hydrogen) atoms. The van der Waals surface area contributed by atoms with Gasteiger partial charge in [0.05, 0.1) is 6.54 Å². The zero-order valence-electron chi connectivity index (χ0n) is 15.3. The summed E-state index contributed by atoms with van der Waals surface area (Å²) >= 11 is 0. The van der Waals surface area contributed by atoms with Gasteiger partial charge in [-0.15, -0.1) is 0 Å². The Morgan fingerprint density at radius 1 is 1.11 bits per heavy atom. The lowest BCUT2D eigenvalue weighted by Crippen LogP contribution is -2.41. The van der Waals surface area contributed by atoms with Gasteiger partial charge in [-0.25, -0.2) is 0 Å². The molecule has 1 heterocycles. The van der Waals surface area contributed by atoms with Gasteiger partial charge in [0.15, 0.2) is 0 Å². The summed E-state index contributed by atoms with van der Waals surface area (Å²) in [7, 11) is 0. The second-order valence-electron chi connectivity index (χ2n) is 6.46. The molecular weight excluding hydrogens is 340 g/mol. The van der Waals surface area contributed by atoms with Crippen LogP contribution in [0.3, 0.4) is 0 Å². The average Bonchev–Trinajstić information content (AvgIpc) is 3.15. The number of carbonyl (C=O) groups excluding carboxylic acids is 2. The minimum absolute atomic E-state index is 0.270. The van der Waals surface area contributed by atoms with Gasteiger partial charge in [-0.05, 0) is 49.7 Å². The summed E-state index contributed by atoms with van der Waals surface area (Å²) in [5.41, 5.74) is 3.24. The third-order valence-electron chi connectivity index (χ3n) is 4.12. The van der Waals surface area contributed by atoms with Crippen LogP contribution in [0, 0.1) is 6.92 Å². The van der Waals surface area contributed by atoms with Crippen LogP contribution in [0.2, 0.25) is 0 Å². The molecule has 1 atom stereocenters. The number of rotatable bonds is 6. The molecule has 0 spiro atoms. The minimum Gasteiger partial charge on any atom is -0.341 e. The standard InChI is InChI=1S/C21H22N4O2/c1-15-6-3-8-18(12-15)21(27)23-16(2)20(26)24-19-9-4-7-17(13-19)14-25-11-5-10-22-25/h3-13,16H,14H2,1-2H3,(H,23,27)(H,24,26). The van der Waals surface area contributed by atoms with Crippen LogP contribution < -0.4 is 10.6 Å². The van der Waals surface area contributed by atoms with E-state index in [4.69, 9.17) is 0 Å². The van der Waals surface area contributed by atoms with E-state index in [9.17, 15) is 9.59 Å². The van der Waals surface area contributed by atoms with Crippen molar-refractivity contribution in [3.05, 3.63) is 83.7 Å². The summed E-state index contributed by atoms with van der Waals surface area (Å²) in [4.78, 5) is 24.7. The molecule has 6 heteroatoms. The summed E-state index contributed by atoms with van der Waals surface area (Å²) in [6.45, 7) is 4.20. The van der Waals surface area contributed by atoms with E-state index in [0.717, 1.165) is 11.1 Å². The molecule has 6 nitrogen and oxygen atoms in total. The number of amides is 2. The molecule has 2 N–H and O–H groups in total. The van der Waals surface area contributed by atoms with Gasteiger partial charge in [-0.1, -0.05) is 29.8 Å². The highest BCUT2D eigenvalue weighted by molar-refractivity contribution is 6.01. The number of nitrogens with zero attached hydrogens (tertiary/aromatic N) is 2. The minimum atomic E-state index is -0.659. The van der Waals surface area contributed by atoms with Crippen LogP contribution in [-0.2, 0) is 11.3 Å². The smallest absolute Gasteiger partial charge is 0.251 e. The Labute approximate surface area is 158 Å². The zero-order valence-corrected chi connectivity index (χ0v) is 15.3. The van der Waals surface area contributed by atoms with Crippen LogP contribution >= 0.6 is 0 Å². The van der Waals surface area contributed by atoms with Crippen molar-refractivity contribution in [2.75, 3.05) is 5.32 Å². The molecule has 0 radical (unpaired) electrons. The quantitative estimate of drug-likeness (QED) is 0.708. The fourth-order valence-corrected chi connectivity index (χ4v) is 2.71. The lowest BCUT2D eigenvalue weighted by molar-refractivity contribution is -0.117. The van der Waals surface area contributed by atoms with Crippen molar-refractivity contribution in [1.82, 2.24) is 15.1 Å². The van der Waals surface area contributed by atoms with Crippen LogP contribution in [0.5, 0.6) is 0 Å². The number of aromatic nitrogens is 2. The van der Waals surface area contributed by atoms with Crippen molar-refractivity contribution in [3.63, 3.8) is 0 Å². The summed E-state index contributed by atoms with van der Waals surface area (Å²) in [6, 6.07) is 16.0. The molecule has 3 aromatic rings. The molecule has 0 aliphatic rings. The highest BCUT2D eigenvalue weighted by Gasteiger charge is 2.17. The molecule has 0 saturated carbocycles. The van der Waals surface area contributed by atoms with Crippen LogP contribution in [0.15, 0.2) is 67.0 Å². The van der Waals surface area contributed by atoms with Crippen LogP contribution in [-0.4, -0.2) is 27.6 Å². The van der Waals surface area contributed by atoms with Gasteiger partial charge in [0.1, 0.15) is 6.04 Å². The predicted molar refractivity (Wildman–Crippen MR) is 105 cm³/mol. The van der Waals surface area contributed by atoms with E-state index in [1.165, 1.54) is 0 Å². The maximum Gasteiger partial charge on any atom is 0.251 e. The summed E-state index contributed by atoms with van der Waals surface area (Å²) in [6.07, 6.45) is 3.61. The van der Waals surface area contributed by atoms with Crippen LogP contribution in [0.25, 0.3) is 0 Å². The van der Waals surface area contributed by atoms with E-state index >= 15 is 0 Å². The van der Waals surface area contributed by atoms with E-state index in [1.54, 1.807) is 25.3 Å². The Bertz CT molecular complexity index is 935. The van der Waals surface area contributed by atoms with Gasteiger partial charge in [0.25, 0.3) is 5.91 Å². The van der Waals surface area contributed by atoms with Gasteiger partial charge in [-0.2, -0.15) is 5.10 Å². The Morgan fingerprint density at radius 3 is 2.67 bits per heavy atom. The molecule has 3 rings (SSSR count). The molecule has 2 amide bonds. The number of nitrogens with one attached hydrogen (secondary N) is 2. The Hall–Kier alpha value is -3.41. The fraction of sp³-hybridized carbons (Fsp3) is 0.190. The third-order valence-corrected chi connectivity index (χ3v) is 4.12. The number of carbonyl (C=O) groups is 2. The maximum atomic E-state index is 12.4. The molecular formula is C21H22N4O2. The van der Waals surface area contributed by atoms with Gasteiger partial charge in [0, 0.05) is 23.6 Å². The predicted octanol–water partition coefficient (Wildman–Crippen LogP) is 3.00. The molecule has 0 bridgehead atoms. The molecule has 1 aromatic heterocycles. The Balaban J connectivity index is 1.60. The van der Waals surface area contributed by atoms with Gasteiger partial charge in [0.2, 0.25) is 5.91 Å². The third kappa shape index (κ3) is 5.04. The summed E-state index contributed by atoms with van der Waals surface area (Å²) in [5, 5.41) is 9.76. The zero-order chi connectivity index (χ0) is 19.2. The number of benzene rings is 2. The lowest BCUT2D eigenvalue weighted by Gasteiger charge is -2.15. The van der Waals surface area contributed by atoms with E-state index < -0.39 is 6.04 Å². The molecule has 0 aliphatic carbocycles. The van der Waals surface area contributed by atoms with E-state index in [0.29, 0.717) is 17.8 Å². The van der Waals surface area contributed by atoms with Crippen molar-refractivity contribution in [2.45, 2.75) is 26.4 Å². The number of hydrogen-bond donors (Lipinski definition) is 2. The number of aryl methyl sites for hydroxylation is 1. The first-order valence-corrected chi connectivity index (χ1v) is 8.76. The van der Waals surface area contributed by atoms with E-state index in [1.807, 2.05) is 60.3 Å². The largest absolute Gasteiger partial charge is 0.341 e. The summed E-state index contributed by atoms with van der Waals surface area (Å²) in [5.74, 6) is -0.541. The monoisotopic (exact) mass is 362 g/mol. The highest BCUT2D eigenvalue weighted by Crippen LogP contribution is 2.12. The van der Waals surface area contributed by atoms with E-state index in [2.05, 4.69) is 15.7 Å². The number of hydrogen-bond acceptors (Lipinski definition) is 3. The topological polar surface area (TPSA) is 76.0 Å². The summed E-state index contributed by atoms with van der Waals surface area (Å²) < 4.78 is 1.81. The first-order valence-electron chi connectivity index (χ1n) is 8.76. The number of anilines is 1. The normalized spacial score (nSPS) is 11.6. The Morgan fingerprint density at radius 2 is 1.93 bits per heavy atom. The lowest BCUT2D eigenvalue weighted by atomic mass is 10.1. The molecule has 2 aromatic carbocycles. The molecule has 138 valence electrons. The highest BCUT2D eigenvalue weighted by atomic mass is 16.2. The van der Waals surface area contributed by atoms with Crippen LogP contribution in [0.1, 0.15) is 28.4 Å². The van der Waals surface area contributed by atoms with Crippen LogP contribution in [0.4, 0.5) is 5.69 Å². The Kier molecular flexibility index (Phi) is 5.66. The van der Waals surface area contributed by atoms with Crippen molar-refractivity contribution in [2.24, 2.45) is 0 Å². The van der Waals surface area contributed by atoms with Crippen molar-refractivity contribution in [3.8, 4) is 0 Å². The first-order chi connectivity index (χ1) is 13.0. The second kappa shape index (κ2) is 8.31. The molecule has 1 unspecified atom stereocenters. The first kappa shape index (κ1) is 18.4. The van der Waals surface area contributed by atoms with Gasteiger partial charge < -0.3 is 10.6 Å². The fourth-order valence-electron chi connectivity index (χ4n) is 2.71.